The standard InChI is InChI=1S/C14H16F3N/c1-2-3-7-10-18-13(11-14(15,16)17)12-8-5-4-6-9-12/h1,4-6,8-9,13,18H,3,7,10-11H2. The van der Waals surface area contributed by atoms with Gasteiger partial charge in [0.2, 0.25) is 0 Å². The van der Waals surface area contributed by atoms with Crippen LogP contribution in [0.5, 0.6) is 0 Å². The number of unbranched alkanes of at least 4 members (excludes halogenated alkanes) is 1. The Balaban J connectivity index is 2.62. The number of halogens is 3. The van der Waals surface area contributed by atoms with Crippen molar-refractivity contribution in [2.75, 3.05) is 6.54 Å². The molecule has 0 fully saturated rings. The van der Waals surface area contributed by atoms with Crippen LogP contribution in [0.3, 0.4) is 0 Å². The summed E-state index contributed by atoms with van der Waals surface area (Å²) >= 11 is 0. The van der Waals surface area contributed by atoms with Crippen molar-refractivity contribution in [2.45, 2.75) is 31.5 Å². The summed E-state index contributed by atoms with van der Waals surface area (Å²) in [5.41, 5.74) is 0.649. The second-order valence-electron chi connectivity index (χ2n) is 4.04. The minimum absolute atomic E-state index is 0.486. The monoisotopic (exact) mass is 255 g/mol. The lowest BCUT2D eigenvalue weighted by atomic mass is 10.0. The highest BCUT2D eigenvalue weighted by atomic mass is 19.4. The van der Waals surface area contributed by atoms with Gasteiger partial charge < -0.3 is 5.32 Å². The summed E-state index contributed by atoms with van der Waals surface area (Å²) in [5.74, 6) is 2.47. The number of nitrogens with one attached hydrogen (secondary N) is 1. The van der Waals surface area contributed by atoms with E-state index in [4.69, 9.17) is 6.42 Å². The minimum atomic E-state index is -4.18. The van der Waals surface area contributed by atoms with Crippen molar-refractivity contribution in [3.8, 4) is 12.3 Å². The maximum atomic E-state index is 12.5. The molecule has 0 heterocycles. The van der Waals surface area contributed by atoms with Crippen molar-refractivity contribution in [3.63, 3.8) is 0 Å². The molecule has 1 nitrogen and oxygen atoms in total. The molecule has 1 atom stereocenters. The topological polar surface area (TPSA) is 12.0 Å². The van der Waals surface area contributed by atoms with Crippen LogP contribution in [-0.2, 0) is 0 Å². The first-order valence-electron chi connectivity index (χ1n) is 5.81. The van der Waals surface area contributed by atoms with Crippen LogP contribution >= 0.6 is 0 Å². The number of hydrogen-bond donors (Lipinski definition) is 1. The molecule has 0 saturated heterocycles. The predicted octanol–water partition coefficient (Wildman–Crippen LogP) is 3.68. The molecule has 1 N–H and O–H groups in total. The van der Waals surface area contributed by atoms with E-state index in [2.05, 4.69) is 11.2 Å². The molecule has 0 bridgehead atoms. The summed E-state index contributed by atoms with van der Waals surface area (Å²) in [4.78, 5) is 0. The Bertz CT molecular complexity index is 378. The molecule has 18 heavy (non-hydrogen) atoms. The molecule has 0 aliphatic heterocycles. The number of alkyl halides is 3. The Labute approximate surface area is 105 Å². The molecular weight excluding hydrogens is 239 g/mol. The Morgan fingerprint density at radius 3 is 2.44 bits per heavy atom. The van der Waals surface area contributed by atoms with E-state index in [-0.39, 0.29) is 0 Å². The zero-order valence-electron chi connectivity index (χ0n) is 10.0. The van der Waals surface area contributed by atoms with Crippen LogP contribution in [-0.4, -0.2) is 12.7 Å². The molecule has 0 spiro atoms. The summed E-state index contributed by atoms with van der Waals surface area (Å²) < 4.78 is 37.5. The first kappa shape index (κ1) is 14.6. The van der Waals surface area contributed by atoms with Gasteiger partial charge in [-0.2, -0.15) is 13.2 Å². The van der Waals surface area contributed by atoms with E-state index in [1.807, 2.05) is 0 Å². The van der Waals surface area contributed by atoms with Crippen molar-refractivity contribution in [2.24, 2.45) is 0 Å². The highest BCUT2D eigenvalue weighted by Gasteiger charge is 2.32. The lowest BCUT2D eigenvalue weighted by Crippen LogP contribution is -2.27. The quantitative estimate of drug-likeness (QED) is 0.604. The van der Waals surface area contributed by atoms with Crippen LogP contribution in [0.15, 0.2) is 30.3 Å². The summed E-state index contributed by atoms with van der Waals surface area (Å²) in [6.07, 6.45) is 1.30. The Morgan fingerprint density at radius 1 is 1.22 bits per heavy atom. The van der Waals surface area contributed by atoms with Gasteiger partial charge in [0, 0.05) is 12.5 Å². The van der Waals surface area contributed by atoms with Gasteiger partial charge in [0.1, 0.15) is 0 Å². The fraction of sp³-hybridized carbons (Fsp3) is 0.429. The van der Waals surface area contributed by atoms with Gasteiger partial charge in [-0.15, -0.1) is 12.3 Å². The van der Waals surface area contributed by atoms with Gasteiger partial charge in [0.25, 0.3) is 0 Å². The number of benzene rings is 1. The van der Waals surface area contributed by atoms with Crippen LogP contribution in [0.1, 0.15) is 30.9 Å². The molecule has 1 rings (SSSR count). The first-order valence-corrected chi connectivity index (χ1v) is 5.81. The third-order valence-corrected chi connectivity index (χ3v) is 2.53. The van der Waals surface area contributed by atoms with Gasteiger partial charge in [-0.3, -0.25) is 0 Å². The highest BCUT2D eigenvalue weighted by Crippen LogP contribution is 2.29. The van der Waals surface area contributed by atoms with E-state index in [0.29, 0.717) is 24.9 Å². The maximum Gasteiger partial charge on any atom is 0.390 e. The molecule has 4 heteroatoms. The first-order chi connectivity index (χ1) is 8.53. The fourth-order valence-electron chi connectivity index (χ4n) is 1.69. The van der Waals surface area contributed by atoms with Crippen LogP contribution < -0.4 is 5.32 Å². The number of terminal acetylenes is 1. The van der Waals surface area contributed by atoms with Crippen molar-refractivity contribution in [3.05, 3.63) is 35.9 Å². The molecule has 0 amide bonds. The largest absolute Gasteiger partial charge is 0.390 e. The lowest BCUT2D eigenvalue weighted by Gasteiger charge is -2.20. The van der Waals surface area contributed by atoms with Gasteiger partial charge in [-0.25, -0.2) is 0 Å². The molecule has 1 aromatic carbocycles. The van der Waals surface area contributed by atoms with Gasteiger partial charge in [-0.1, -0.05) is 30.3 Å². The van der Waals surface area contributed by atoms with E-state index in [0.717, 1.165) is 0 Å². The van der Waals surface area contributed by atoms with E-state index in [1.165, 1.54) is 0 Å². The molecular formula is C14H16F3N. The van der Waals surface area contributed by atoms with E-state index < -0.39 is 18.6 Å². The normalized spacial score (nSPS) is 13.0. The molecule has 98 valence electrons. The van der Waals surface area contributed by atoms with Gasteiger partial charge in [0.15, 0.2) is 0 Å². The van der Waals surface area contributed by atoms with Crippen molar-refractivity contribution in [1.29, 1.82) is 0 Å². The van der Waals surface area contributed by atoms with E-state index in [1.54, 1.807) is 30.3 Å². The molecule has 1 unspecified atom stereocenters. The average Bonchev–Trinajstić information content (AvgIpc) is 2.33. The molecule has 0 aliphatic rings. The fourth-order valence-corrected chi connectivity index (χ4v) is 1.69. The van der Waals surface area contributed by atoms with E-state index >= 15 is 0 Å². The summed E-state index contributed by atoms with van der Waals surface area (Å²) in [5, 5.41) is 2.91. The Kier molecular flexibility index (Phi) is 5.73. The lowest BCUT2D eigenvalue weighted by molar-refractivity contribution is -0.140. The van der Waals surface area contributed by atoms with Crippen molar-refractivity contribution in [1.82, 2.24) is 5.32 Å². The average molecular weight is 255 g/mol. The van der Waals surface area contributed by atoms with Crippen LogP contribution in [0.2, 0.25) is 0 Å². The summed E-state index contributed by atoms with van der Waals surface area (Å²) in [6, 6.07) is 7.95. The van der Waals surface area contributed by atoms with Crippen molar-refractivity contribution < 1.29 is 13.2 Å². The predicted molar refractivity (Wildman–Crippen MR) is 65.9 cm³/mol. The van der Waals surface area contributed by atoms with Gasteiger partial charge in [-0.05, 0) is 18.5 Å². The molecule has 0 aliphatic carbocycles. The number of rotatable bonds is 6. The molecule has 1 aromatic rings. The summed E-state index contributed by atoms with van der Waals surface area (Å²) in [7, 11) is 0. The summed E-state index contributed by atoms with van der Waals surface area (Å²) in [6.45, 7) is 0.486. The van der Waals surface area contributed by atoms with Crippen LogP contribution in [0.4, 0.5) is 13.2 Å². The van der Waals surface area contributed by atoms with Gasteiger partial charge >= 0.3 is 6.18 Å². The van der Waals surface area contributed by atoms with Gasteiger partial charge in [0.05, 0.1) is 6.42 Å². The third-order valence-electron chi connectivity index (χ3n) is 2.53. The van der Waals surface area contributed by atoms with Crippen LogP contribution in [0.25, 0.3) is 0 Å². The second kappa shape index (κ2) is 7.07. The maximum absolute atomic E-state index is 12.5. The Morgan fingerprint density at radius 2 is 1.89 bits per heavy atom. The van der Waals surface area contributed by atoms with Crippen LogP contribution in [0, 0.1) is 12.3 Å². The molecule has 0 saturated carbocycles. The smallest absolute Gasteiger partial charge is 0.310 e. The molecule has 0 aromatic heterocycles. The van der Waals surface area contributed by atoms with Crippen molar-refractivity contribution >= 4 is 0 Å². The number of hydrogen-bond acceptors (Lipinski definition) is 1. The Hall–Kier alpha value is -1.47. The third kappa shape index (κ3) is 5.74. The second-order valence-corrected chi connectivity index (χ2v) is 4.04. The molecule has 0 radical (unpaired) electrons. The SMILES string of the molecule is C#CCCCNC(CC(F)(F)F)c1ccccc1. The van der Waals surface area contributed by atoms with E-state index in [9.17, 15) is 13.2 Å². The highest BCUT2D eigenvalue weighted by molar-refractivity contribution is 5.19. The zero-order chi connectivity index (χ0) is 13.4. The zero-order valence-corrected chi connectivity index (χ0v) is 10.0. The minimum Gasteiger partial charge on any atom is -0.310 e.